The Hall–Kier alpha value is -5.22. The first-order valence-electron chi connectivity index (χ1n) is 12.5. The van der Waals surface area contributed by atoms with Crippen molar-refractivity contribution in [3.63, 3.8) is 0 Å². The molecule has 4 heterocycles. The molecule has 38 heavy (non-hydrogen) atoms. The lowest BCUT2D eigenvalue weighted by Crippen LogP contribution is -1.91. The number of hydrogen-bond donors (Lipinski definition) is 0. The molecule has 7 aromatic rings. The molecule has 0 N–H and O–H groups in total. The summed E-state index contributed by atoms with van der Waals surface area (Å²) in [5.74, 6) is 0. The van der Waals surface area contributed by atoms with Crippen molar-refractivity contribution in [3.05, 3.63) is 134 Å². The monoisotopic (exact) mass is 486 g/mol. The van der Waals surface area contributed by atoms with E-state index in [1.54, 1.807) is 12.4 Å². The maximum absolute atomic E-state index is 4.80. The summed E-state index contributed by atoms with van der Waals surface area (Å²) in [7, 11) is 0. The van der Waals surface area contributed by atoms with Crippen LogP contribution in [0.1, 0.15) is 0 Å². The average Bonchev–Trinajstić information content (AvgIpc) is 3.01. The minimum absolute atomic E-state index is 0.900. The zero-order chi connectivity index (χ0) is 25.3. The molecule has 4 aromatic heterocycles. The minimum Gasteiger partial charge on any atom is -0.264 e. The molecule has 0 saturated carbocycles. The van der Waals surface area contributed by atoms with Crippen molar-refractivity contribution in [1.82, 2.24) is 19.9 Å². The molecule has 0 saturated heterocycles. The molecule has 4 heteroatoms. The summed E-state index contributed by atoms with van der Waals surface area (Å²) in [6, 6.07) is 33.7. The highest BCUT2D eigenvalue weighted by atomic mass is 14.7. The van der Waals surface area contributed by atoms with Gasteiger partial charge in [0.25, 0.3) is 0 Å². The van der Waals surface area contributed by atoms with Gasteiger partial charge in [0.05, 0.1) is 11.0 Å². The van der Waals surface area contributed by atoms with Crippen molar-refractivity contribution >= 4 is 21.8 Å². The van der Waals surface area contributed by atoms with Crippen LogP contribution in [-0.4, -0.2) is 19.9 Å². The second kappa shape index (κ2) is 9.34. The zero-order valence-electron chi connectivity index (χ0n) is 20.5. The van der Waals surface area contributed by atoms with Gasteiger partial charge in [-0.1, -0.05) is 60.7 Å². The highest BCUT2D eigenvalue weighted by Gasteiger charge is 2.13. The predicted octanol–water partition coefficient (Wildman–Crippen LogP) is 8.24. The minimum atomic E-state index is 0.900. The van der Waals surface area contributed by atoms with Gasteiger partial charge in [-0.2, -0.15) is 0 Å². The van der Waals surface area contributed by atoms with E-state index in [1.165, 1.54) is 0 Å². The van der Waals surface area contributed by atoms with Crippen LogP contribution >= 0.6 is 0 Å². The maximum Gasteiger partial charge on any atom is 0.0970 e. The second-order valence-corrected chi connectivity index (χ2v) is 9.22. The largest absolute Gasteiger partial charge is 0.264 e. The number of hydrogen-bond acceptors (Lipinski definition) is 4. The molecule has 0 bridgehead atoms. The first-order valence-corrected chi connectivity index (χ1v) is 12.5. The van der Waals surface area contributed by atoms with Gasteiger partial charge >= 0.3 is 0 Å². The molecule has 0 aliphatic carbocycles. The van der Waals surface area contributed by atoms with E-state index in [2.05, 4.69) is 94.9 Å². The maximum atomic E-state index is 4.80. The third kappa shape index (κ3) is 3.89. The molecule has 0 spiro atoms. The quantitative estimate of drug-likeness (QED) is 0.235. The normalized spacial score (nSPS) is 11.2. The number of pyridine rings is 4. The van der Waals surface area contributed by atoms with Gasteiger partial charge in [0.2, 0.25) is 0 Å². The number of fused-ring (bicyclic) bond motifs is 3. The van der Waals surface area contributed by atoms with Crippen molar-refractivity contribution in [3.8, 4) is 44.5 Å². The summed E-state index contributed by atoms with van der Waals surface area (Å²) >= 11 is 0. The fraction of sp³-hybridized carbons (Fsp3) is 0. The van der Waals surface area contributed by atoms with E-state index in [1.807, 2.05) is 36.9 Å². The Morgan fingerprint density at radius 1 is 0.368 bits per heavy atom. The molecular formula is C34H22N4. The molecule has 0 fully saturated rings. The summed E-state index contributed by atoms with van der Waals surface area (Å²) in [4.78, 5) is 18.2. The Balaban J connectivity index is 1.37. The fourth-order valence-electron chi connectivity index (χ4n) is 5.13. The van der Waals surface area contributed by atoms with Crippen LogP contribution in [0.5, 0.6) is 0 Å². The molecule has 3 aromatic carbocycles. The third-order valence-electron chi connectivity index (χ3n) is 6.96. The van der Waals surface area contributed by atoms with Crippen LogP contribution in [0.4, 0.5) is 0 Å². The van der Waals surface area contributed by atoms with Crippen LogP contribution in [0, 0.1) is 0 Å². The molecule has 0 radical (unpaired) electrons. The summed E-state index contributed by atoms with van der Waals surface area (Å²) < 4.78 is 0. The highest BCUT2D eigenvalue weighted by Crippen LogP contribution is 2.36. The summed E-state index contributed by atoms with van der Waals surface area (Å²) in [5.41, 5.74) is 10.8. The number of nitrogens with zero attached hydrogens (tertiary/aromatic N) is 4. The van der Waals surface area contributed by atoms with Crippen LogP contribution in [0.3, 0.4) is 0 Å². The van der Waals surface area contributed by atoms with Crippen molar-refractivity contribution in [1.29, 1.82) is 0 Å². The van der Waals surface area contributed by atoms with Crippen molar-refractivity contribution in [2.24, 2.45) is 0 Å². The van der Waals surface area contributed by atoms with E-state index in [9.17, 15) is 0 Å². The Kier molecular flexibility index (Phi) is 5.41. The molecule has 0 unspecified atom stereocenters. The van der Waals surface area contributed by atoms with Gasteiger partial charge in [-0.05, 0) is 69.8 Å². The average molecular weight is 487 g/mol. The lowest BCUT2D eigenvalue weighted by atomic mass is 9.94. The van der Waals surface area contributed by atoms with Crippen LogP contribution in [0.2, 0.25) is 0 Å². The van der Waals surface area contributed by atoms with Gasteiger partial charge < -0.3 is 0 Å². The summed E-state index contributed by atoms with van der Waals surface area (Å²) in [6.45, 7) is 0. The third-order valence-corrected chi connectivity index (χ3v) is 6.96. The number of aromatic nitrogens is 4. The molecular weight excluding hydrogens is 464 g/mol. The van der Waals surface area contributed by atoms with Crippen LogP contribution < -0.4 is 0 Å². The van der Waals surface area contributed by atoms with Gasteiger partial charge in [0.15, 0.2) is 0 Å². The zero-order valence-corrected chi connectivity index (χ0v) is 20.5. The van der Waals surface area contributed by atoms with Crippen molar-refractivity contribution in [2.75, 3.05) is 0 Å². The second-order valence-electron chi connectivity index (χ2n) is 9.22. The summed E-state index contributed by atoms with van der Waals surface area (Å²) in [6.07, 6.45) is 11.1. The smallest absolute Gasteiger partial charge is 0.0970 e. The van der Waals surface area contributed by atoms with Gasteiger partial charge in [-0.25, -0.2) is 0 Å². The van der Waals surface area contributed by atoms with Crippen LogP contribution in [0.25, 0.3) is 66.3 Å². The van der Waals surface area contributed by atoms with E-state index in [0.717, 1.165) is 66.3 Å². The highest BCUT2D eigenvalue weighted by molar-refractivity contribution is 6.11. The van der Waals surface area contributed by atoms with E-state index >= 15 is 0 Å². The number of benzene rings is 3. The molecule has 0 atom stereocenters. The lowest BCUT2D eigenvalue weighted by molar-refractivity contribution is 1.33. The predicted molar refractivity (Wildman–Crippen MR) is 154 cm³/mol. The molecule has 4 nitrogen and oxygen atoms in total. The van der Waals surface area contributed by atoms with E-state index in [0.29, 0.717) is 0 Å². The standard InChI is InChI=1S/C34H22N4/c1-5-23(27-9-3-15-35-21-27)19-25(7-1)29-13-17-37-33-31(29)11-12-32-30(14-18-38-34(32)33)26-8-2-6-24(20-26)28-10-4-16-36-22-28/h1-22H. The lowest BCUT2D eigenvalue weighted by Gasteiger charge is -2.12. The first-order chi connectivity index (χ1) is 18.8. The Bertz CT molecular complexity index is 1770. The van der Waals surface area contributed by atoms with Gasteiger partial charge in [-0.15, -0.1) is 0 Å². The topological polar surface area (TPSA) is 51.6 Å². The van der Waals surface area contributed by atoms with Gasteiger partial charge in [0, 0.05) is 59.1 Å². The van der Waals surface area contributed by atoms with E-state index < -0.39 is 0 Å². The molecule has 0 aliphatic rings. The molecule has 0 aliphatic heterocycles. The molecule has 7 rings (SSSR count). The Labute approximate surface area is 220 Å². The van der Waals surface area contributed by atoms with Crippen molar-refractivity contribution < 1.29 is 0 Å². The fourth-order valence-corrected chi connectivity index (χ4v) is 5.13. The van der Waals surface area contributed by atoms with Crippen LogP contribution in [-0.2, 0) is 0 Å². The van der Waals surface area contributed by atoms with Crippen molar-refractivity contribution in [2.45, 2.75) is 0 Å². The Morgan fingerprint density at radius 2 is 0.816 bits per heavy atom. The van der Waals surface area contributed by atoms with Gasteiger partial charge in [-0.3, -0.25) is 19.9 Å². The van der Waals surface area contributed by atoms with E-state index in [4.69, 9.17) is 9.97 Å². The first kappa shape index (κ1) is 22.0. The molecule has 178 valence electrons. The van der Waals surface area contributed by atoms with E-state index in [-0.39, 0.29) is 0 Å². The number of rotatable bonds is 4. The SMILES string of the molecule is c1cncc(-c2cccc(-c3ccnc4c3ccc3c(-c5cccc(-c6cccnc6)c5)ccnc34)c2)c1. The Morgan fingerprint density at radius 3 is 1.26 bits per heavy atom. The molecule has 0 amide bonds. The van der Waals surface area contributed by atoms with Crippen LogP contribution in [0.15, 0.2) is 134 Å². The van der Waals surface area contributed by atoms with Gasteiger partial charge in [0.1, 0.15) is 0 Å². The summed E-state index contributed by atoms with van der Waals surface area (Å²) in [5, 5.41) is 2.16.